The molecule has 3 rings (SSSR count). The number of nitrogens with one attached hydrogen (secondary N) is 2. The second-order valence-corrected chi connectivity index (χ2v) is 4.48. The van der Waals surface area contributed by atoms with Gasteiger partial charge in [0.15, 0.2) is 0 Å². The monoisotopic (exact) mass is 212 g/mol. The zero-order valence-corrected chi connectivity index (χ0v) is 8.29. The van der Waals surface area contributed by atoms with Gasteiger partial charge in [-0.2, -0.15) is 0 Å². The molecule has 0 radical (unpaired) electrons. The van der Waals surface area contributed by atoms with Gasteiger partial charge in [-0.1, -0.05) is 11.6 Å². The average Bonchev–Trinajstić information content (AvgIpc) is 2.89. The minimum Gasteiger partial charge on any atom is -0.381 e. The molecule has 1 aliphatic carbocycles. The van der Waals surface area contributed by atoms with Crippen LogP contribution in [0.1, 0.15) is 12.8 Å². The third-order valence-electron chi connectivity index (χ3n) is 2.93. The number of halogens is 2. The van der Waals surface area contributed by atoms with Crippen molar-refractivity contribution in [3.63, 3.8) is 0 Å². The van der Waals surface area contributed by atoms with E-state index in [0.29, 0.717) is 0 Å². The summed E-state index contributed by atoms with van der Waals surface area (Å²) in [7, 11) is 0. The van der Waals surface area contributed by atoms with Gasteiger partial charge in [-0.3, -0.25) is 0 Å². The van der Waals surface area contributed by atoms with E-state index in [2.05, 4.69) is 10.6 Å². The molecule has 2 nitrogen and oxygen atoms in total. The maximum Gasteiger partial charge on any atom is 0.143 e. The van der Waals surface area contributed by atoms with Crippen LogP contribution in [-0.4, -0.2) is 12.1 Å². The average molecular weight is 213 g/mol. The SMILES string of the molecule is Fc1cc2c(cc1Cl)NCC1(CC1)N2. The van der Waals surface area contributed by atoms with E-state index in [1.165, 1.54) is 6.07 Å². The highest BCUT2D eigenvalue weighted by Gasteiger charge is 2.44. The molecule has 2 N–H and O–H groups in total. The maximum absolute atomic E-state index is 13.2. The van der Waals surface area contributed by atoms with Crippen molar-refractivity contribution in [2.24, 2.45) is 0 Å². The Hall–Kier alpha value is -0.960. The van der Waals surface area contributed by atoms with Crippen molar-refractivity contribution >= 4 is 23.0 Å². The number of hydrogen-bond donors (Lipinski definition) is 2. The first kappa shape index (κ1) is 8.36. The quantitative estimate of drug-likeness (QED) is 0.691. The molecule has 0 saturated heterocycles. The van der Waals surface area contributed by atoms with Crippen LogP contribution >= 0.6 is 11.6 Å². The zero-order valence-electron chi connectivity index (χ0n) is 7.53. The first-order valence-corrected chi connectivity index (χ1v) is 5.07. The number of anilines is 2. The largest absolute Gasteiger partial charge is 0.381 e. The molecule has 74 valence electrons. The van der Waals surface area contributed by atoms with Gasteiger partial charge in [-0.15, -0.1) is 0 Å². The van der Waals surface area contributed by atoms with Gasteiger partial charge in [0, 0.05) is 12.6 Å². The molecule has 1 saturated carbocycles. The highest BCUT2D eigenvalue weighted by Crippen LogP contribution is 2.44. The molecule has 0 bridgehead atoms. The molecular formula is C10H10ClFN2. The van der Waals surface area contributed by atoms with E-state index in [1.807, 2.05) is 0 Å². The van der Waals surface area contributed by atoms with Crippen molar-refractivity contribution in [2.75, 3.05) is 17.2 Å². The molecule has 1 aromatic carbocycles. The fourth-order valence-corrected chi connectivity index (χ4v) is 2.01. The lowest BCUT2D eigenvalue weighted by Crippen LogP contribution is -2.34. The zero-order chi connectivity index (χ0) is 9.76. The third-order valence-corrected chi connectivity index (χ3v) is 3.22. The summed E-state index contributed by atoms with van der Waals surface area (Å²) >= 11 is 5.69. The standard InChI is InChI=1S/C10H10ClFN2/c11-6-3-8-9(4-7(6)12)14-10(1-2-10)5-13-8/h3-4,13-14H,1-2,5H2. The predicted octanol–water partition coefficient (Wildman–Crippen LogP) is 2.85. The highest BCUT2D eigenvalue weighted by atomic mass is 35.5. The summed E-state index contributed by atoms with van der Waals surface area (Å²) in [6.07, 6.45) is 2.31. The van der Waals surface area contributed by atoms with Crippen LogP contribution in [-0.2, 0) is 0 Å². The molecule has 1 aromatic rings. The molecule has 2 aliphatic rings. The number of hydrogen-bond acceptors (Lipinski definition) is 2. The first-order chi connectivity index (χ1) is 6.69. The lowest BCUT2D eigenvalue weighted by Gasteiger charge is -2.28. The van der Waals surface area contributed by atoms with E-state index in [4.69, 9.17) is 11.6 Å². The fraction of sp³-hybridized carbons (Fsp3) is 0.400. The molecule has 0 unspecified atom stereocenters. The normalized spacial score (nSPS) is 21.0. The lowest BCUT2D eigenvalue weighted by atomic mass is 10.1. The Morgan fingerprint density at radius 3 is 2.79 bits per heavy atom. The Kier molecular flexibility index (Phi) is 1.52. The molecule has 0 aromatic heterocycles. The van der Waals surface area contributed by atoms with Crippen LogP contribution in [0.4, 0.5) is 15.8 Å². The first-order valence-electron chi connectivity index (χ1n) is 4.70. The van der Waals surface area contributed by atoms with Gasteiger partial charge in [0.1, 0.15) is 5.82 Å². The topological polar surface area (TPSA) is 24.1 Å². The van der Waals surface area contributed by atoms with Gasteiger partial charge in [0.2, 0.25) is 0 Å². The molecule has 14 heavy (non-hydrogen) atoms. The molecule has 1 aliphatic heterocycles. The van der Waals surface area contributed by atoms with Gasteiger partial charge in [0.05, 0.1) is 21.9 Å². The second kappa shape index (κ2) is 2.54. The summed E-state index contributed by atoms with van der Waals surface area (Å²) in [5.74, 6) is -0.364. The van der Waals surface area contributed by atoms with Gasteiger partial charge in [-0.05, 0) is 18.9 Å². The fourth-order valence-electron chi connectivity index (χ4n) is 1.84. The van der Waals surface area contributed by atoms with Crippen LogP contribution in [0, 0.1) is 5.82 Å². The number of fused-ring (bicyclic) bond motifs is 1. The molecule has 1 heterocycles. The summed E-state index contributed by atoms with van der Waals surface area (Å²) in [6, 6.07) is 3.10. The van der Waals surface area contributed by atoms with E-state index in [9.17, 15) is 4.39 Å². The summed E-state index contributed by atoms with van der Waals surface area (Å²) < 4.78 is 13.2. The van der Waals surface area contributed by atoms with Gasteiger partial charge >= 0.3 is 0 Å². The van der Waals surface area contributed by atoms with Crippen LogP contribution in [0.3, 0.4) is 0 Å². The van der Waals surface area contributed by atoms with Crippen molar-refractivity contribution in [3.8, 4) is 0 Å². The highest BCUT2D eigenvalue weighted by molar-refractivity contribution is 6.31. The van der Waals surface area contributed by atoms with E-state index < -0.39 is 0 Å². The summed E-state index contributed by atoms with van der Waals surface area (Å²) in [4.78, 5) is 0. The molecule has 0 amide bonds. The third kappa shape index (κ3) is 1.16. The minimum atomic E-state index is -0.364. The van der Waals surface area contributed by atoms with Crippen LogP contribution in [0.5, 0.6) is 0 Å². The van der Waals surface area contributed by atoms with Crippen molar-refractivity contribution in [2.45, 2.75) is 18.4 Å². The van der Waals surface area contributed by atoms with E-state index >= 15 is 0 Å². The van der Waals surface area contributed by atoms with E-state index in [1.54, 1.807) is 6.07 Å². The van der Waals surface area contributed by atoms with Crippen molar-refractivity contribution in [1.29, 1.82) is 0 Å². The number of benzene rings is 1. The smallest absolute Gasteiger partial charge is 0.143 e. The van der Waals surface area contributed by atoms with Gasteiger partial charge in [0.25, 0.3) is 0 Å². The van der Waals surface area contributed by atoms with E-state index in [-0.39, 0.29) is 16.4 Å². The predicted molar refractivity (Wildman–Crippen MR) is 55.5 cm³/mol. The Bertz CT molecular complexity index is 401. The summed E-state index contributed by atoms with van der Waals surface area (Å²) in [5, 5.41) is 6.80. The summed E-state index contributed by atoms with van der Waals surface area (Å²) in [6.45, 7) is 0.905. The molecule has 0 atom stereocenters. The maximum atomic E-state index is 13.2. The van der Waals surface area contributed by atoms with Crippen LogP contribution in [0.15, 0.2) is 12.1 Å². The van der Waals surface area contributed by atoms with Gasteiger partial charge < -0.3 is 10.6 Å². The second-order valence-electron chi connectivity index (χ2n) is 4.07. The molecule has 1 fully saturated rings. The minimum absolute atomic E-state index is 0.171. The molecular weight excluding hydrogens is 203 g/mol. The van der Waals surface area contributed by atoms with Crippen molar-refractivity contribution in [3.05, 3.63) is 23.0 Å². The van der Waals surface area contributed by atoms with E-state index in [0.717, 1.165) is 30.8 Å². The Morgan fingerprint density at radius 1 is 1.29 bits per heavy atom. The Balaban J connectivity index is 2.04. The van der Waals surface area contributed by atoms with Crippen molar-refractivity contribution < 1.29 is 4.39 Å². The molecule has 1 spiro atoms. The Morgan fingerprint density at radius 2 is 2.07 bits per heavy atom. The van der Waals surface area contributed by atoms with Crippen LogP contribution in [0.2, 0.25) is 5.02 Å². The van der Waals surface area contributed by atoms with Crippen LogP contribution in [0.25, 0.3) is 0 Å². The van der Waals surface area contributed by atoms with Gasteiger partial charge in [-0.25, -0.2) is 4.39 Å². The molecule has 4 heteroatoms. The number of rotatable bonds is 0. The van der Waals surface area contributed by atoms with Crippen LogP contribution < -0.4 is 10.6 Å². The lowest BCUT2D eigenvalue weighted by molar-refractivity contribution is 0.627. The summed E-state index contributed by atoms with van der Waals surface area (Å²) in [5.41, 5.74) is 1.91. The van der Waals surface area contributed by atoms with Crippen molar-refractivity contribution in [1.82, 2.24) is 0 Å². The Labute approximate surface area is 86.4 Å².